The van der Waals surface area contributed by atoms with Crippen molar-refractivity contribution >= 4 is 167 Å². The molecule has 2 aliphatic heterocycles. The van der Waals surface area contributed by atoms with Gasteiger partial charge in [-0.2, -0.15) is 12.6 Å². The number of carbonyl (C=O) groups is 12. The van der Waals surface area contributed by atoms with E-state index in [1.165, 1.54) is 17.1 Å². The van der Waals surface area contributed by atoms with Crippen LogP contribution in [0.4, 0.5) is 0 Å². The van der Waals surface area contributed by atoms with Crippen molar-refractivity contribution in [2.75, 3.05) is 9.76 Å². The van der Waals surface area contributed by atoms with E-state index in [0.717, 1.165) is 10.7 Å². The Morgan fingerprint density at radius 1 is 0.598 bits per heavy atom. The van der Waals surface area contributed by atoms with Crippen LogP contribution in [0.1, 0.15) is 306 Å². The van der Waals surface area contributed by atoms with Crippen LogP contribution in [0.2, 0.25) is 0 Å². The van der Waals surface area contributed by atoms with Gasteiger partial charge in [-0.05, 0) is 233 Å². The molecule has 1 aromatic heterocycles. The zero-order chi connectivity index (χ0) is 90.7. The van der Waals surface area contributed by atoms with Crippen LogP contribution in [0, 0.1) is 10.8 Å². The van der Waals surface area contributed by atoms with Crippen molar-refractivity contribution in [3.05, 3.63) is 36.5 Å². The smallest absolute Gasteiger partial charge is 0.333 e. The molecule has 10 amide bonds. The van der Waals surface area contributed by atoms with Crippen molar-refractivity contribution in [2.45, 2.75) is 365 Å². The van der Waals surface area contributed by atoms with E-state index in [1.54, 1.807) is 10.8 Å². The highest BCUT2D eigenvalue weighted by atomic mass is 127. The minimum absolute atomic E-state index is 0. The first-order valence-corrected chi connectivity index (χ1v) is 42.4. The van der Waals surface area contributed by atoms with Crippen molar-refractivity contribution in [3.63, 3.8) is 0 Å². The van der Waals surface area contributed by atoms with Gasteiger partial charge in [0.05, 0.1) is 20.5 Å². The monoisotopic (exact) mass is 1840 g/mol. The predicted octanol–water partition coefficient (Wildman–Crippen LogP) is 15.3. The second-order valence-electron chi connectivity index (χ2n) is 36.6. The molecule has 0 spiro atoms. The molecule has 0 aliphatic carbocycles. The van der Waals surface area contributed by atoms with Gasteiger partial charge in [-0.15, -0.1) is 5.06 Å². The van der Waals surface area contributed by atoms with Gasteiger partial charge in [0, 0.05) is 124 Å². The molecule has 112 heavy (non-hydrogen) atoms. The number of hydroxylamine groups is 2. The number of rotatable bonds is 17. The number of halogens is 2. The number of thiocarbonyl (C=S) groups is 1. The minimum atomic E-state index is -0.858. The van der Waals surface area contributed by atoms with Crippen LogP contribution in [-0.4, -0.2) is 166 Å². The first-order valence-electron chi connectivity index (χ1n) is 36.7. The molecule has 1 saturated heterocycles. The Labute approximate surface area is 714 Å². The molecule has 2 aliphatic rings. The number of carboxylic acids is 1. The topological polar surface area (TPSA) is 414 Å². The number of carbonyl (C=O) groups excluding carboxylic acids is 11. The van der Waals surface area contributed by atoms with E-state index < -0.39 is 29.3 Å². The van der Waals surface area contributed by atoms with Crippen molar-refractivity contribution in [3.8, 4) is 0 Å². The number of hydrogen-bond acceptors (Lipinski definition) is 22. The van der Waals surface area contributed by atoms with E-state index in [9.17, 15) is 57.5 Å². The summed E-state index contributed by atoms with van der Waals surface area (Å²) in [6.07, 6.45) is 6.93. The fraction of sp³-hybridized carbons (Fsp3) is 0.734. The summed E-state index contributed by atoms with van der Waals surface area (Å²) in [5.74, 6) is 1.50. The van der Waals surface area contributed by atoms with Crippen LogP contribution in [0.15, 0.2) is 46.6 Å². The van der Waals surface area contributed by atoms with Gasteiger partial charge in [0.15, 0.2) is 0 Å². The van der Waals surface area contributed by atoms with E-state index in [-0.39, 0.29) is 141 Å². The summed E-state index contributed by atoms with van der Waals surface area (Å²) >= 11 is 13.6. The van der Waals surface area contributed by atoms with Crippen molar-refractivity contribution in [2.24, 2.45) is 22.0 Å². The molecule has 0 bridgehead atoms. The number of aromatic nitrogens is 1. The largest absolute Gasteiger partial charge is 0.481 e. The highest BCUT2D eigenvalue weighted by molar-refractivity contribution is 14.1. The maximum absolute atomic E-state index is 11.5. The van der Waals surface area contributed by atoms with E-state index in [2.05, 4.69) is 129 Å². The third-order valence-corrected chi connectivity index (χ3v) is 15.1. The number of thiol groups is 1. The summed E-state index contributed by atoms with van der Waals surface area (Å²) in [5.41, 5.74) is 6.80. The number of isothiocyanates is 1. The van der Waals surface area contributed by atoms with Gasteiger partial charge >= 0.3 is 11.9 Å². The summed E-state index contributed by atoms with van der Waals surface area (Å²) in [6, 6.07) is 5.98. The Balaban J connectivity index is -0.000000181. The third kappa shape index (κ3) is 105. The number of nitrogens with zero attached hydrogens (tertiary/aromatic N) is 4. The molecule has 1 fully saturated rings. The van der Waals surface area contributed by atoms with E-state index >= 15 is 0 Å². The fourth-order valence-corrected chi connectivity index (χ4v) is 8.67. The number of alkyl halides is 2. The molecule has 33 heteroatoms. The second-order valence-corrected chi connectivity index (χ2v) is 42.4. The number of imide groups is 2. The van der Waals surface area contributed by atoms with Crippen LogP contribution < -0.4 is 43.6 Å². The van der Waals surface area contributed by atoms with Crippen LogP contribution in [0.3, 0.4) is 0 Å². The van der Waals surface area contributed by atoms with Gasteiger partial charge in [0.2, 0.25) is 35.4 Å². The summed E-state index contributed by atoms with van der Waals surface area (Å²) in [5, 5.41) is 33.7. The number of carboxylic acid groups (broad SMARTS) is 1. The predicted molar refractivity (Wildman–Crippen MR) is 479 cm³/mol. The van der Waals surface area contributed by atoms with Crippen LogP contribution in [0.5, 0.6) is 0 Å². The average Bonchev–Trinajstić information content (AvgIpc) is 1.65. The highest BCUT2D eigenvalue weighted by Gasteiger charge is 2.34. The van der Waals surface area contributed by atoms with Gasteiger partial charge in [0.1, 0.15) is 5.03 Å². The average molecular weight is 1840 g/mol. The standard InChI is InChI=1S/C13H20N2O5.C9H19N3O2.C9H17NO3.C9H13NS2.C8H11NO2.C6H12BrNO.C6H12INO.C6H13N.C5H9NS.C4H11N.C4H10S/c1-13(2,3)14-9(16)5-4-6-12(19)20-15-10(17)7-8-11(15)18;1-9(2,3)11-7(13)5-4-6-8(14)12-10;1-9(2,3)10-7(11)5-4-6-8(12)13;1-9(2,3)12-11-8-6-4-5-7-10-8;1-8(2,3)9-6(10)4-5-7(9)11;2*1-6(2,3)8-5(9)4-7;1-5(7)6(2,3)4;1-5(2,3)6-4-7;2*1-4(2,3)5/h4-8H2,1-3H3,(H,14,16);4-6,10H2,1-3H3,(H,11,13)(H,12,14);4-6H2,1-3H3,(H,10,11)(H,12,13);4-7H,1-3H3;4-5H,1-3H3;2*4H2,1-3H3,(H,8,9);7H,1-4H3;1-3H3;5H2,1-3H3;5H,1-3H3. The number of nitrogens with one attached hydrogen (secondary N) is 7. The number of pyridine rings is 1. The molecular formula is C79H147BrIN13O14S4. The summed E-state index contributed by atoms with van der Waals surface area (Å²) in [7, 11) is 3.57. The number of hydrazine groups is 1. The van der Waals surface area contributed by atoms with Gasteiger partial charge in [-0.3, -0.25) is 63.1 Å². The van der Waals surface area contributed by atoms with Crippen molar-refractivity contribution in [1.82, 2.24) is 47.0 Å². The quantitative estimate of drug-likeness (QED) is 0.00659. The zero-order valence-corrected chi connectivity index (χ0v) is 81.4. The zero-order valence-electron chi connectivity index (χ0n) is 74.3. The van der Waals surface area contributed by atoms with Gasteiger partial charge in [0.25, 0.3) is 23.6 Å². The first kappa shape index (κ1) is 122. The fourth-order valence-electron chi connectivity index (χ4n) is 6.19. The Morgan fingerprint density at radius 3 is 1.14 bits per heavy atom. The molecule has 27 nitrogen and oxygen atoms in total. The Morgan fingerprint density at radius 2 is 0.920 bits per heavy atom. The summed E-state index contributed by atoms with van der Waals surface area (Å²) in [6.45, 7) is 66.8. The van der Waals surface area contributed by atoms with Crippen LogP contribution >= 0.6 is 85.0 Å². The van der Waals surface area contributed by atoms with Crippen LogP contribution in [0.25, 0.3) is 0 Å². The number of hydrogen-bond donors (Lipinski definition) is 11. The lowest BCUT2D eigenvalue weighted by Crippen LogP contribution is -2.45. The van der Waals surface area contributed by atoms with Crippen molar-refractivity contribution in [1.29, 1.82) is 5.41 Å². The highest BCUT2D eigenvalue weighted by Crippen LogP contribution is 2.39. The van der Waals surface area contributed by atoms with Crippen molar-refractivity contribution < 1.29 is 67.5 Å². The van der Waals surface area contributed by atoms with E-state index in [4.69, 9.17) is 22.1 Å². The molecule has 3 rings (SSSR count). The SMILES string of the molecule is CC(=N)C(C)(C)C.CC(C)(C)N.CC(C)(C)N1C(=O)C=CC1=O.CC(C)(C)N=C=S.CC(C)(C)NC(=O)CBr.CC(C)(C)NC(=O)CCCC(=O)NN.CC(C)(C)NC(=O)CCCC(=O)O.CC(C)(C)NC(=O)CCCC(=O)ON1C(=O)CCC1=O.CC(C)(C)NC(=O)CI.CC(C)(C)S.CC(C)(C)SSc1ccccn1. The molecule has 3 heterocycles. The number of nitrogens with two attached hydrogens (primary N) is 2. The normalized spacial score (nSPS) is 12.6. The summed E-state index contributed by atoms with van der Waals surface area (Å²) in [4.78, 5) is 146. The Hall–Kier alpha value is -5.42. The van der Waals surface area contributed by atoms with E-state index in [1.807, 2.05) is 257 Å². The molecule has 0 atom stereocenters. The number of amides is 10. The number of aliphatic imine (C=N–C) groups is 1. The molecule has 0 unspecified atom stereocenters. The minimum Gasteiger partial charge on any atom is -0.481 e. The molecule has 0 radical (unpaired) electrons. The molecule has 1 aromatic rings. The molecule has 12 N–H and O–H groups in total. The Bertz CT molecular complexity index is 2980. The molecular weight excluding hydrogens is 1690 g/mol. The lowest BCUT2D eigenvalue weighted by molar-refractivity contribution is -0.197. The second kappa shape index (κ2) is 59.3. The first-order chi connectivity index (χ1) is 49.8. The van der Waals surface area contributed by atoms with Crippen LogP contribution in [-0.2, 0) is 62.4 Å². The third-order valence-electron chi connectivity index (χ3n) is 10.6. The molecule has 650 valence electrons. The molecule has 0 aromatic carbocycles. The molecule has 0 saturated carbocycles. The lowest BCUT2D eigenvalue weighted by atomic mass is 9.91. The van der Waals surface area contributed by atoms with Gasteiger partial charge in [-0.1, -0.05) is 118 Å². The van der Waals surface area contributed by atoms with Gasteiger partial charge < -0.3 is 47.7 Å². The van der Waals surface area contributed by atoms with E-state index in [0.29, 0.717) is 45.3 Å². The Kier molecular flexibility index (Phi) is 64.7. The summed E-state index contributed by atoms with van der Waals surface area (Å²) < 4.78 is 1.03. The lowest BCUT2D eigenvalue weighted by Gasteiger charge is -2.29. The maximum atomic E-state index is 11.5. The number of aliphatic carboxylic acids is 1. The maximum Gasteiger partial charge on any atom is 0.333 e. The van der Waals surface area contributed by atoms with Gasteiger partial charge in [-0.25, -0.2) is 20.6 Å².